The first-order valence-corrected chi connectivity index (χ1v) is 9.33. The van der Waals surface area contributed by atoms with Gasteiger partial charge >= 0.3 is 0 Å². The van der Waals surface area contributed by atoms with E-state index in [-0.39, 0.29) is 5.75 Å². The van der Waals surface area contributed by atoms with Crippen LogP contribution in [0.5, 0.6) is 0 Å². The second kappa shape index (κ2) is 6.58. The lowest BCUT2D eigenvalue weighted by atomic mass is 9.89. The van der Waals surface area contributed by atoms with E-state index in [1.807, 2.05) is 0 Å². The Morgan fingerprint density at radius 3 is 2.28 bits per heavy atom. The summed E-state index contributed by atoms with van der Waals surface area (Å²) in [5.41, 5.74) is 0. The van der Waals surface area contributed by atoms with Crippen LogP contribution in [0.4, 0.5) is 0 Å². The van der Waals surface area contributed by atoms with Crippen LogP contribution < -0.4 is 0 Å². The number of alkyl halides is 1. The maximum atomic E-state index is 12.3. The number of hydrogen-bond acceptors (Lipinski definition) is 2. The predicted octanol–water partition coefficient (Wildman–Crippen LogP) is 2.99. The Morgan fingerprint density at radius 1 is 1.06 bits per heavy atom. The highest BCUT2D eigenvalue weighted by Crippen LogP contribution is 2.33. The van der Waals surface area contributed by atoms with Gasteiger partial charge in [-0.25, -0.2) is 8.42 Å². The van der Waals surface area contributed by atoms with E-state index in [0.29, 0.717) is 24.3 Å². The molecule has 0 amide bonds. The molecular weight excluding hydrogens is 270 g/mol. The standard InChI is InChI=1S/C13H24ClNO2S/c14-9-4-10-18(16,17)15(13-7-8-13)11-12-5-2-1-3-6-12/h12-13H,1-11H2. The van der Waals surface area contributed by atoms with Crippen LogP contribution in [0.25, 0.3) is 0 Å². The van der Waals surface area contributed by atoms with Crippen molar-refractivity contribution >= 4 is 21.6 Å². The van der Waals surface area contributed by atoms with Gasteiger partial charge in [-0.3, -0.25) is 0 Å². The molecule has 0 aliphatic heterocycles. The molecule has 0 spiro atoms. The molecular formula is C13H24ClNO2S. The van der Waals surface area contributed by atoms with Crippen LogP contribution >= 0.6 is 11.6 Å². The third-order valence-electron chi connectivity index (χ3n) is 4.01. The average Bonchev–Trinajstić information content (AvgIpc) is 3.19. The SMILES string of the molecule is O=S(=O)(CCCCl)N(CC1CCCCC1)C1CC1. The highest BCUT2D eigenvalue weighted by Gasteiger charge is 2.38. The Balaban J connectivity index is 1.94. The lowest BCUT2D eigenvalue weighted by Crippen LogP contribution is -2.39. The molecule has 0 saturated heterocycles. The van der Waals surface area contributed by atoms with Crippen LogP contribution in [-0.4, -0.2) is 36.9 Å². The van der Waals surface area contributed by atoms with E-state index in [1.54, 1.807) is 4.31 Å². The molecule has 2 rings (SSSR count). The Bertz CT molecular complexity index is 348. The third kappa shape index (κ3) is 4.10. The maximum absolute atomic E-state index is 12.3. The van der Waals surface area contributed by atoms with Crippen LogP contribution in [-0.2, 0) is 10.0 Å². The van der Waals surface area contributed by atoms with Gasteiger partial charge in [0.25, 0.3) is 0 Å². The molecule has 0 atom stereocenters. The van der Waals surface area contributed by atoms with Crippen molar-refractivity contribution in [3.8, 4) is 0 Å². The van der Waals surface area contributed by atoms with Gasteiger partial charge in [0.1, 0.15) is 0 Å². The molecule has 0 aromatic rings. The zero-order chi connectivity index (χ0) is 13.0. The van der Waals surface area contributed by atoms with Gasteiger partial charge in [0.05, 0.1) is 5.75 Å². The summed E-state index contributed by atoms with van der Waals surface area (Å²) in [6.45, 7) is 0.759. The zero-order valence-electron chi connectivity index (χ0n) is 11.0. The van der Waals surface area contributed by atoms with E-state index < -0.39 is 10.0 Å². The fourth-order valence-electron chi connectivity index (χ4n) is 2.83. The summed E-state index contributed by atoms with van der Waals surface area (Å²) >= 11 is 5.62. The molecule has 0 aromatic heterocycles. The smallest absolute Gasteiger partial charge is 0.212 e. The first-order valence-electron chi connectivity index (χ1n) is 7.19. The molecule has 0 unspecified atom stereocenters. The Morgan fingerprint density at radius 2 is 1.72 bits per heavy atom. The third-order valence-corrected chi connectivity index (χ3v) is 6.24. The molecule has 106 valence electrons. The molecule has 18 heavy (non-hydrogen) atoms. The van der Waals surface area contributed by atoms with Crippen molar-refractivity contribution in [1.29, 1.82) is 0 Å². The van der Waals surface area contributed by atoms with Crippen molar-refractivity contribution in [1.82, 2.24) is 4.31 Å². The molecule has 5 heteroatoms. The van der Waals surface area contributed by atoms with E-state index in [2.05, 4.69) is 0 Å². The molecule has 2 saturated carbocycles. The molecule has 2 aliphatic carbocycles. The van der Waals surface area contributed by atoms with Gasteiger partial charge in [-0.2, -0.15) is 4.31 Å². The van der Waals surface area contributed by atoms with Gasteiger partial charge in [0.2, 0.25) is 10.0 Å². The van der Waals surface area contributed by atoms with Crippen molar-refractivity contribution < 1.29 is 8.42 Å². The molecule has 3 nitrogen and oxygen atoms in total. The summed E-state index contributed by atoms with van der Waals surface area (Å²) in [6, 6.07) is 0.298. The van der Waals surface area contributed by atoms with Crippen molar-refractivity contribution in [3.05, 3.63) is 0 Å². The largest absolute Gasteiger partial charge is 0.214 e. The van der Waals surface area contributed by atoms with E-state index in [0.717, 1.165) is 19.4 Å². The highest BCUT2D eigenvalue weighted by atomic mass is 35.5. The van der Waals surface area contributed by atoms with Crippen LogP contribution in [0.2, 0.25) is 0 Å². The minimum Gasteiger partial charge on any atom is -0.212 e. The lowest BCUT2D eigenvalue weighted by molar-refractivity contribution is 0.274. The summed E-state index contributed by atoms with van der Waals surface area (Å²) in [6.07, 6.45) is 8.93. The first-order chi connectivity index (χ1) is 8.63. The zero-order valence-corrected chi connectivity index (χ0v) is 12.6. The van der Waals surface area contributed by atoms with Crippen molar-refractivity contribution in [3.63, 3.8) is 0 Å². The van der Waals surface area contributed by atoms with Crippen LogP contribution in [0.1, 0.15) is 51.4 Å². The predicted molar refractivity (Wildman–Crippen MR) is 75.4 cm³/mol. The highest BCUT2D eigenvalue weighted by molar-refractivity contribution is 7.89. The molecule has 2 aliphatic rings. The molecule has 0 aromatic carbocycles. The number of rotatable bonds is 7. The van der Waals surface area contributed by atoms with Gasteiger partial charge in [-0.15, -0.1) is 11.6 Å². The Labute approximate surface area is 116 Å². The second-order valence-electron chi connectivity index (χ2n) is 5.66. The van der Waals surface area contributed by atoms with Crippen molar-refractivity contribution in [2.45, 2.75) is 57.4 Å². The van der Waals surface area contributed by atoms with Gasteiger partial charge in [0.15, 0.2) is 0 Å². The quantitative estimate of drug-likeness (QED) is 0.677. The first kappa shape index (κ1) is 14.6. The van der Waals surface area contributed by atoms with Gasteiger partial charge in [0, 0.05) is 18.5 Å². The molecule has 0 N–H and O–H groups in total. The lowest BCUT2D eigenvalue weighted by Gasteiger charge is -2.29. The molecule has 0 radical (unpaired) electrons. The maximum Gasteiger partial charge on any atom is 0.214 e. The number of halogens is 1. The Kier molecular flexibility index (Phi) is 5.34. The van der Waals surface area contributed by atoms with Gasteiger partial charge in [-0.05, 0) is 38.0 Å². The van der Waals surface area contributed by atoms with Crippen LogP contribution in [0.3, 0.4) is 0 Å². The van der Waals surface area contributed by atoms with Gasteiger partial charge < -0.3 is 0 Å². The molecule has 2 fully saturated rings. The summed E-state index contributed by atoms with van der Waals surface area (Å²) in [7, 11) is -3.07. The van der Waals surface area contributed by atoms with E-state index >= 15 is 0 Å². The fourth-order valence-corrected chi connectivity index (χ4v) is 4.97. The normalized spacial score (nSPS) is 22.6. The van der Waals surface area contributed by atoms with Crippen LogP contribution in [0, 0.1) is 5.92 Å². The summed E-state index contributed by atoms with van der Waals surface area (Å²) in [5.74, 6) is 1.24. The topological polar surface area (TPSA) is 37.4 Å². The summed E-state index contributed by atoms with van der Waals surface area (Å²) in [5, 5.41) is 0. The second-order valence-corrected chi connectivity index (χ2v) is 8.08. The van der Waals surface area contributed by atoms with E-state index in [9.17, 15) is 8.42 Å². The number of hydrogen-bond donors (Lipinski definition) is 0. The molecule has 0 bridgehead atoms. The number of sulfonamides is 1. The number of nitrogens with zero attached hydrogens (tertiary/aromatic N) is 1. The summed E-state index contributed by atoms with van der Waals surface area (Å²) < 4.78 is 26.4. The minimum absolute atomic E-state index is 0.222. The monoisotopic (exact) mass is 293 g/mol. The minimum atomic E-state index is -3.07. The molecule has 0 heterocycles. The van der Waals surface area contributed by atoms with Crippen molar-refractivity contribution in [2.24, 2.45) is 5.92 Å². The summed E-state index contributed by atoms with van der Waals surface area (Å²) in [4.78, 5) is 0. The van der Waals surface area contributed by atoms with E-state index in [1.165, 1.54) is 32.1 Å². The Hall–Kier alpha value is 0.200. The van der Waals surface area contributed by atoms with E-state index in [4.69, 9.17) is 11.6 Å². The fraction of sp³-hybridized carbons (Fsp3) is 1.00. The van der Waals surface area contributed by atoms with Gasteiger partial charge in [-0.1, -0.05) is 19.3 Å². The van der Waals surface area contributed by atoms with Crippen LogP contribution in [0.15, 0.2) is 0 Å². The average molecular weight is 294 g/mol. The van der Waals surface area contributed by atoms with Crippen molar-refractivity contribution in [2.75, 3.05) is 18.2 Å².